The van der Waals surface area contributed by atoms with Gasteiger partial charge in [0.15, 0.2) is 16.7 Å². The number of nitro groups is 1. The van der Waals surface area contributed by atoms with Crippen LogP contribution in [0.25, 0.3) is 6.08 Å². The molecule has 0 atom stereocenters. The van der Waals surface area contributed by atoms with E-state index < -0.39 is 10.8 Å². The Hall–Kier alpha value is -3.92. The molecule has 34 heavy (non-hydrogen) atoms. The van der Waals surface area contributed by atoms with Gasteiger partial charge in [0.1, 0.15) is 6.61 Å². The van der Waals surface area contributed by atoms with Crippen molar-refractivity contribution in [2.24, 2.45) is 4.99 Å². The van der Waals surface area contributed by atoms with Gasteiger partial charge in [0, 0.05) is 24.6 Å². The fraction of sp³-hybridized carbons (Fsp3) is 0.208. The smallest absolute Gasteiger partial charge is 0.286 e. The Balaban J connectivity index is 1.88. The van der Waals surface area contributed by atoms with Crippen LogP contribution >= 0.6 is 11.8 Å². The van der Waals surface area contributed by atoms with Crippen LogP contribution < -0.4 is 14.8 Å². The summed E-state index contributed by atoms with van der Waals surface area (Å²) in [6.45, 7) is 7.58. The van der Waals surface area contributed by atoms with E-state index in [0.29, 0.717) is 35.0 Å². The average molecular weight is 482 g/mol. The predicted molar refractivity (Wildman–Crippen MR) is 131 cm³/mol. The number of allylic oxidation sites excluding steroid dienone is 1. The zero-order valence-corrected chi connectivity index (χ0v) is 19.5. The van der Waals surface area contributed by atoms with Gasteiger partial charge in [-0.1, -0.05) is 6.08 Å². The van der Waals surface area contributed by atoms with Crippen LogP contribution in [0.5, 0.6) is 11.5 Å². The third kappa shape index (κ3) is 6.32. The van der Waals surface area contributed by atoms with Crippen molar-refractivity contribution < 1.29 is 24.0 Å². The molecule has 1 aliphatic rings. The summed E-state index contributed by atoms with van der Waals surface area (Å²) >= 11 is 1.08. The number of carbonyl (C=O) groups is 2. The largest absolute Gasteiger partial charge is 0.490 e. The van der Waals surface area contributed by atoms with Gasteiger partial charge >= 0.3 is 0 Å². The molecule has 9 nitrogen and oxygen atoms in total. The summed E-state index contributed by atoms with van der Waals surface area (Å²) in [7, 11) is 0. The number of carbonyl (C=O) groups excluding carboxylic acids is 2. The van der Waals surface area contributed by atoms with E-state index >= 15 is 0 Å². The highest BCUT2D eigenvalue weighted by Gasteiger charge is 2.23. The average Bonchev–Trinajstić information content (AvgIpc) is 3.11. The maximum Gasteiger partial charge on any atom is 0.286 e. The van der Waals surface area contributed by atoms with Crippen LogP contribution in [0, 0.1) is 10.1 Å². The standard InChI is InChI=1S/C24H23N3O6S/c1-4-6-18-11-17(13-21-23(29)26-24(34-21)25-15(3)28)12-20(32-5-2)22(18)33-14-16-7-9-19(10-8-16)27(30)31/h4,7-13H,1,5-6,14H2,2-3H3,(H,25,26,28,29)/b21-13+. The molecule has 3 rings (SSSR count). The number of rotatable bonds is 9. The van der Waals surface area contributed by atoms with Crippen LogP contribution in [0.1, 0.15) is 30.5 Å². The number of amidine groups is 1. The first-order chi connectivity index (χ1) is 16.3. The first-order valence-electron chi connectivity index (χ1n) is 10.4. The number of benzene rings is 2. The van der Waals surface area contributed by atoms with E-state index in [1.54, 1.807) is 30.4 Å². The number of amides is 2. The number of ether oxygens (including phenoxy) is 2. The number of aliphatic imine (C=N–C) groups is 1. The Morgan fingerprint density at radius 1 is 1.26 bits per heavy atom. The van der Waals surface area contributed by atoms with Crippen molar-refractivity contribution in [3.63, 3.8) is 0 Å². The highest BCUT2D eigenvalue weighted by molar-refractivity contribution is 8.18. The van der Waals surface area contributed by atoms with E-state index in [9.17, 15) is 19.7 Å². The molecule has 2 aromatic rings. The van der Waals surface area contributed by atoms with Gasteiger partial charge in [-0.25, -0.2) is 0 Å². The predicted octanol–water partition coefficient (Wildman–Crippen LogP) is 4.41. The molecule has 0 bridgehead atoms. The molecule has 0 radical (unpaired) electrons. The maximum absolute atomic E-state index is 12.2. The van der Waals surface area contributed by atoms with Crippen LogP contribution in [0.15, 0.2) is 59.0 Å². The quantitative estimate of drug-likeness (QED) is 0.244. The second kappa shape index (κ2) is 11.3. The summed E-state index contributed by atoms with van der Waals surface area (Å²) in [4.78, 5) is 38.1. The molecule has 0 saturated heterocycles. The second-order valence-electron chi connectivity index (χ2n) is 7.16. The van der Waals surface area contributed by atoms with Crippen molar-refractivity contribution in [2.45, 2.75) is 26.9 Å². The highest BCUT2D eigenvalue weighted by atomic mass is 32.2. The number of non-ortho nitro benzene ring substituents is 1. The lowest BCUT2D eigenvalue weighted by molar-refractivity contribution is -0.384. The molecule has 0 aromatic heterocycles. The fourth-order valence-corrected chi connectivity index (χ4v) is 3.99. The van der Waals surface area contributed by atoms with E-state index in [4.69, 9.17) is 9.47 Å². The molecule has 2 aromatic carbocycles. The second-order valence-corrected chi connectivity index (χ2v) is 8.19. The molecule has 0 aliphatic carbocycles. The monoisotopic (exact) mass is 481 g/mol. The van der Waals surface area contributed by atoms with Crippen molar-refractivity contribution in [3.8, 4) is 11.5 Å². The molecule has 1 aliphatic heterocycles. The minimum absolute atomic E-state index is 0.00783. The summed E-state index contributed by atoms with van der Waals surface area (Å²) in [6, 6.07) is 9.76. The van der Waals surface area contributed by atoms with Gasteiger partial charge in [-0.05, 0) is 66.6 Å². The highest BCUT2D eigenvalue weighted by Crippen LogP contribution is 2.37. The Kier molecular flexibility index (Phi) is 8.20. The number of thioether (sulfide) groups is 1. The lowest BCUT2D eigenvalue weighted by Gasteiger charge is -2.17. The molecule has 0 spiro atoms. The molecule has 0 unspecified atom stereocenters. The zero-order valence-electron chi connectivity index (χ0n) is 18.7. The van der Waals surface area contributed by atoms with Crippen LogP contribution in [0.4, 0.5) is 5.69 Å². The normalized spacial score (nSPS) is 14.0. The summed E-state index contributed by atoms with van der Waals surface area (Å²) in [6.07, 6.45) is 3.90. The van der Waals surface area contributed by atoms with Crippen LogP contribution in [0.3, 0.4) is 0 Å². The molecule has 1 heterocycles. The van der Waals surface area contributed by atoms with Gasteiger partial charge in [0.25, 0.3) is 11.6 Å². The summed E-state index contributed by atoms with van der Waals surface area (Å²) < 4.78 is 11.9. The summed E-state index contributed by atoms with van der Waals surface area (Å²) in [5, 5.41) is 13.6. The zero-order chi connectivity index (χ0) is 24.7. The SMILES string of the molecule is C=CCc1cc(/C=C2/SC(NC(C)=O)=NC2=O)cc(OCC)c1OCc1ccc([N+](=O)[O-])cc1. The van der Waals surface area contributed by atoms with E-state index in [0.717, 1.165) is 22.9 Å². The number of nitrogens with one attached hydrogen (secondary N) is 1. The van der Waals surface area contributed by atoms with Crippen LogP contribution in [0.2, 0.25) is 0 Å². The van der Waals surface area contributed by atoms with Gasteiger partial charge < -0.3 is 14.8 Å². The third-order valence-corrected chi connectivity index (χ3v) is 5.45. The van der Waals surface area contributed by atoms with Gasteiger partial charge in [-0.15, -0.1) is 6.58 Å². The minimum atomic E-state index is -0.454. The van der Waals surface area contributed by atoms with Crippen molar-refractivity contribution in [2.75, 3.05) is 6.61 Å². The number of nitro benzene ring substituents is 1. The Bertz CT molecular complexity index is 1190. The van der Waals surface area contributed by atoms with Crippen molar-refractivity contribution in [1.82, 2.24) is 5.32 Å². The topological polar surface area (TPSA) is 120 Å². The van der Waals surface area contributed by atoms with Crippen molar-refractivity contribution in [3.05, 3.63) is 80.8 Å². The Labute approximate surface area is 200 Å². The number of nitrogens with zero attached hydrogens (tertiary/aromatic N) is 2. The number of hydrogen-bond donors (Lipinski definition) is 1. The third-order valence-electron chi connectivity index (χ3n) is 4.55. The molecular formula is C24H23N3O6S. The maximum atomic E-state index is 12.2. The first kappa shape index (κ1) is 24.7. The van der Waals surface area contributed by atoms with Gasteiger partial charge in [-0.2, -0.15) is 4.99 Å². The summed E-state index contributed by atoms with van der Waals surface area (Å²) in [5.41, 5.74) is 2.28. The molecule has 2 amide bonds. The van der Waals surface area contributed by atoms with Gasteiger partial charge in [0.2, 0.25) is 5.91 Å². The molecule has 0 fully saturated rings. The van der Waals surface area contributed by atoms with E-state index in [2.05, 4.69) is 16.9 Å². The van der Waals surface area contributed by atoms with Crippen molar-refractivity contribution in [1.29, 1.82) is 0 Å². The fourth-order valence-electron chi connectivity index (χ4n) is 3.13. The minimum Gasteiger partial charge on any atom is -0.490 e. The summed E-state index contributed by atoms with van der Waals surface area (Å²) in [5.74, 6) is 0.286. The molecule has 0 saturated carbocycles. The van der Waals surface area contributed by atoms with Crippen molar-refractivity contribution >= 4 is 40.5 Å². The Morgan fingerprint density at radius 2 is 2.00 bits per heavy atom. The Morgan fingerprint density at radius 3 is 2.62 bits per heavy atom. The van der Waals surface area contributed by atoms with Gasteiger partial charge in [0.05, 0.1) is 16.4 Å². The molecule has 10 heteroatoms. The van der Waals surface area contributed by atoms with E-state index in [-0.39, 0.29) is 23.4 Å². The number of hydrogen-bond acceptors (Lipinski definition) is 7. The molecule has 1 N–H and O–H groups in total. The van der Waals surface area contributed by atoms with E-state index in [1.165, 1.54) is 19.1 Å². The molecule has 176 valence electrons. The van der Waals surface area contributed by atoms with Gasteiger partial charge in [-0.3, -0.25) is 19.7 Å². The lowest BCUT2D eigenvalue weighted by atomic mass is 10.0. The molecular weight excluding hydrogens is 458 g/mol. The van der Waals surface area contributed by atoms with Crippen LogP contribution in [-0.4, -0.2) is 28.5 Å². The van der Waals surface area contributed by atoms with E-state index in [1.807, 2.05) is 13.0 Å². The van der Waals surface area contributed by atoms with Crippen LogP contribution in [-0.2, 0) is 22.6 Å². The lowest BCUT2D eigenvalue weighted by Crippen LogP contribution is -2.23. The first-order valence-corrected chi connectivity index (χ1v) is 11.2.